The standard InChI is InChI=1S/C23H25N3O2S/c27-20(26-13-12-15-6-4-5-7-16(15)14-26)11-10-19-24-22(28)21-17-8-2-1-3-9-18(17)29-23(21)25-19/h4-7,21H,1-3,8-14H2. The molecule has 0 saturated carbocycles. The summed E-state index contributed by atoms with van der Waals surface area (Å²) in [4.78, 5) is 37.7. The van der Waals surface area contributed by atoms with Crippen molar-refractivity contribution in [1.82, 2.24) is 4.90 Å². The van der Waals surface area contributed by atoms with E-state index in [0.717, 1.165) is 37.3 Å². The number of hydrogen-bond donors (Lipinski definition) is 0. The van der Waals surface area contributed by atoms with Crippen molar-refractivity contribution >= 4 is 34.5 Å². The van der Waals surface area contributed by atoms with Crippen molar-refractivity contribution in [3.8, 4) is 0 Å². The Bertz CT molecular complexity index is 963. The van der Waals surface area contributed by atoms with E-state index in [1.54, 1.807) is 11.8 Å². The average molecular weight is 408 g/mol. The van der Waals surface area contributed by atoms with Crippen LogP contribution in [-0.2, 0) is 22.6 Å². The Labute approximate surface area is 175 Å². The van der Waals surface area contributed by atoms with Crippen LogP contribution in [0.25, 0.3) is 0 Å². The highest BCUT2D eigenvalue weighted by Gasteiger charge is 2.40. The number of amides is 2. The fourth-order valence-electron chi connectivity index (χ4n) is 4.72. The molecule has 29 heavy (non-hydrogen) atoms. The molecule has 0 aromatic heterocycles. The Morgan fingerprint density at radius 1 is 1.07 bits per heavy atom. The van der Waals surface area contributed by atoms with E-state index >= 15 is 0 Å². The molecule has 1 aliphatic carbocycles. The number of amidine groups is 1. The maximum Gasteiger partial charge on any atom is 0.261 e. The van der Waals surface area contributed by atoms with Crippen molar-refractivity contribution in [2.75, 3.05) is 6.54 Å². The summed E-state index contributed by atoms with van der Waals surface area (Å²) >= 11 is 1.69. The second-order valence-electron chi connectivity index (χ2n) is 8.19. The summed E-state index contributed by atoms with van der Waals surface area (Å²) in [5.41, 5.74) is 3.83. The predicted molar refractivity (Wildman–Crippen MR) is 116 cm³/mol. The van der Waals surface area contributed by atoms with Crippen LogP contribution < -0.4 is 0 Å². The van der Waals surface area contributed by atoms with E-state index in [1.807, 2.05) is 11.0 Å². The van der Waals surface area contributed by atoms with Gasteiger partial charge in [0.2, 0.25) is 5.91 Å². The lowest BCUT2D eigenvalue weighted by atomic mass is 9.94. The maximum atomic E-state index is 12.7. The SMILES string of the molecule is O=C1N=C(CCC(=O)N2CCc3ccccc3C2)N=C2SC3=C(CCCCC3)C12. The minimum atomic E-state index is -0.230. The summed E-state index contributed by atoms with van der Waals surface area (Å²) < 4.78 is 0. The van der Waals surface area contributed by atoms with Gasteiger partial charge in [-0.25, -0.2) is 4.99 Å². The molecule has 0 fully saturated rings. The highest BCUT2D eigenvalue weighted by atomic mass is 32.2. The number of nitrogens with zero attached hydrogens (tertiary/aromatic N) is 3. The van der Waals surface area contributed by atoms with E-state index in [-0.39, 0.29) is 17.7 Å². The van der Waals surface area contributed by atoms with Gasteiger partial charge in [0.1, 0.15) is 11.8 Å². The minimum Gasteiger partial charge on any atom is -0.338 e. The molecule has 5 nitrogen and oxygen atoms in total. The highest BCUT2D eigenvalue weighted by molar-refractivity contribution is 8.17. The Kier molecular flexibility index (Phi) is 5.12. The van der Waals surface area contributed by atoms with Gasteiger partial charge in [0, 0.05) is 25.9 Å². The molecule has 0 radical (unpaired) electrons. The number of thioether (sulfide) groups is 1. The molecule has 1 aromatic carbocycles. The van der Waals surface area contributed by atoms with E-state index in [2.05, 4.69) is 23.2 Å². The van der Waals surface area contributed by atoms with E-state index in [1.165, 1.54) is 34.4 Å². The van der Waals surface area contributed by atoms with Crippen molar-refractivity contribution < 1.29 is 9.59 Å². The number of hydrogen-bond acceptors (Lipinski definition) is 4. The lowest BCUT2D eigenvalue weighted by molar-refractivity contribution is -0.132. The third-order valence-electron chi connectivity index (χ3n) is 6.30. The second-order valence-corrected chi connectivity index (χ2v) is 9.31. The third kappa shape index (κ3) is 3.70. The molecule has 0 spiro atoms. The number of aliphatic imine (C=N–C) groups is 2. The number of benzene rings is 1. The van der Waals surface area contributed by atoms with Gasteiger partial charge >= 0.3 is 0 Å². The lowest BCUT2D eigenvalue weighted by Crippen LogP contribution is -2.36. The van der Waals surface area contributed by atoms with Gasteiger partial charge in [-0.05, 0) is 53.7 Å². The van der Waals surface area contributed by atoms with Gasteiger partial charge in [-0.2, -0.15) is 4.99 Å². The maximum absolute atomic E-state index is 12.7. The second kappa shape index (κ2) is 7.90. The molecular weight excluding hydrogens is 382 g/mol. The van der Waals surface area contributed by atoms with Gasteiger partial charge < -0.3 is 4.90 Å². The number of carbonyl (C=O) groups excluding carboxylic acids is 2. The normalized spacial score (nSPS) is 23.7. The van der Waals surface area contributed by atoms with Crippen molar-refractivity contribution in [3.63, 3.8) is 0 Å². The molecule has 150 valence electrons. The zero-order valence-corrected chi connectivity index (χ0v) is 17.3. The third-order valence-corrected chi connectivity index (χ3v) is 7.55. The molecule has 0 N–H and O–H groups in total. The molecule has 1 aromatic rings. The highest BCUT2D eigenvalue weighted by Crippen LogP contribution is 2.46. The number of allylic oxidation sites excluding steroid dienone is 1. The summed E-state index contributed by atoms with van der Waals surface area (Å²) in [6.07, 6.45) is 7.34. The van der Waals surface area contributed by atoms with Gasteiger partial charge in [-0.15, -0.1) is 0 Å². The van der Waals surface area contributed by atoms with Crippen LogP contribution in [0.5, 0.6) is 0 Å². The molecule has 4 aliphatic rings. The molecule has 3 aliphatic heterocycles. The summed E-state index contributed by atoms with van der Waals surface area (Å²) in [7, 11) is 0. The molecule has 5 rings (SSSR count). The number of fused-ring (bicyclic) bond motifs is 3. The minimum absolute atomic E-state index is 0.0799. The van der Waals surface area contributed by atoms with Crippen LogP contribution in [0, 0.1) is 5.92 Å². The van der Waals surface area contributed by atoms with Crippen LogP contribution in [0.1, 0.15) is 56.1 Å². The van der Waals surface area contributed by atoms with Crippen molar-refractivity contribution in [2.24, 2.45) is 15.9 Å². The zero-order valence-electron chi connectivity index (χ0n) is 16.5. The monoisotopic (exact) mass is 407 g/mol. The Morgan fingerprint density at radius 2 is 1.90 bits per heavy atom. The summed E-state index contributed by atoms with van der Waals surface area (Å²) in [6, 6.07) is 8.31. The number of carbonyl (C=O) groups is 2. The zero-order chi connectivity index (χ0) is 19.8. The van der Waals surface area contributed by atoms with Crippen molar-refractivity contribution in [1.29, 1.82) is 0 Å². The molecule has 3 heterocycles. The van der Waals surface area contributed by atoms with E-state index < -0.39 is 0 Å². The molecule has 0 saturated heterocycles. The molecule has 6 heteroatoms. The van der Waals surface area contributed by atoms with Crippen molar-refractivity contribution in [2.45, 2.75) is 57.9 Å². The number of rotatable bonds is 3. The van der Waals surface area contributed by atoms with E-state index in [4.69, 9.17) is 4.99 Å². The van der Waals surface area contributed by atoms with Gasteiger partial charge in [0.05, 0.1) is 5.04 Å². The first-order chi connectivity index (χ1) is 14.2. The fraction of sp³-hybridized carbons (Fsp3) is 0.478. The molecule has 0 bridgehead atoms. The first-order valence-electron chi connectivity index (χ1n) is 10.6. The Balaban J connectivity index is 1.22. The van der Waals surface area contributed by atoms with Crippen LogP contribution in [0.3, 0.4) is 0 Å². The van der Waals surface area contributed by atoms with Crippen LogP contribution in [-0.4, -0.2) is 34.1 Å². The van der Waals surface area contributed by atoms with Crippen LogP contribution in [0.4, 0.5) is 0 Å². The van der Waals surface area contributed by atoms with Crippen molar-refractivity contribution in [3.05, 3.63) is 45.9 Å². The first kappa shape index (κ1) is 18.8. The molecule has 1 unspecified atom stereocenters. The van der Waals surface area contributed by atoms with Crippen LogP contribution in [0.15, 0.2) is 44.7 Å². The summed E-state index contributed by atoms with van der Waals surface area (Å²) in [6.45, 7) is 1.42. The quantitative estimate of drug-likeness (QED) is 0.752. The van der Waals surface area contributed by atoms with Gasteiger partial charge in [0.15, 0.2) is 0 Å². The topological polar surface area (TPSA) is 62.1 Å². The molecule has 2 amide bonds. The average Bonchev–Trinajstić information content (AvgIpc) is 2.93. The van der Waals surface area contributed by atoms with Crippen LogP contribution in [0.2, 0.25) is 0 Å². The molecule has 1 atom stereocenters. The Morgan fingerprint density at radius 3 is 2.79 bits per heavy atom. The smallest absolute Gasteiger partial charge is 0.261 e. The first-order valence-corrected chi connectivity index (χ1v) is 11.4. The van der Waals surface area contributed by atoms with E-state index in [9.17, 15) is 9.59 Å². The molecular formula is C23H25N3O2S. The fourth-order valence-corrected chi connectivity index (χ4v) is 6.08. The summed E-state index contributed by atoms with van der Waals surface area (Å²) in [5.74, 6) is 0.331. The van der Waals surface area contributed by atoms with Gasteiger partial charge in [-0.1, -0.05) is 42.4 Å². The predicted octanol–water partition coefficient (Wildman–Crippen LogP) is 4.27. The van der Waals surface area contributed by atoms with Gasteiger partial charge in [-0.3, -0.25) is 9.59 Å². The summed E-state index contributed by atoms with van der Waals surface area (Å²) in [5, 5.41) is 0.895. The lowest BCUT2D eigenvalue weighted by Gasteiger charge is -2.29. The largest absolute Gasteiger partial charge is 0.338 e. The van der Waals surface area contributed by atoms with Crippen LogP contribution >= 0.6 is 11.8 Å². The van der Waals surface area contributed by atoms with Gasteiger partial charge in [0.25, 0.3) is 5.91 Å². The Hall–Kier alpha value is -2.21. The van der Waals surface area contributed by atoms with E-state index in [0.29, 0.717) is 25.2 Å².